The molecule has 1 aliphatic rings. The Morgan fingerprint density at radius 1 is 1.47 bits per heavy atom. The lowest BCUT2D eigenvalue weighted by Crippen LogP contribution is -2.54. The van der Waals surface area contributed by atoms with Gasteiger partial charge in [-0.1, -0.05) is 37.2 Å². The van der Waals surface area contributed by atoms with Gasteiger partial charge in [0, 0.05) is 23.4 Å². The van der Waals surface area contributed by atoms with Crippen LogP contribution in [0.15, 0.2) is 36.4 Å². The maximum Gasteiger partial charge on any atom is 0.335 e. The van der Waals surface area contributed by atoms with Gasteiger partial charge in [-0.15, -0.1) is 0 Å². The zero-order valence-electron chi connectivity index (χ0n) is 11.0. The second-order valence-corrected chi connectivity index (χ2v) is 5.50. The first-order valence-electron chi connectivity index (χ1n) is 6.39. The third-order valence-corrected chi connectivity index (χ3v) is 3.79. The average molecular weight is 280 g/mol. The fourth-order valence-corrected chi connectivity index (χ4v) is 2.36. The van der Waals surface area contributed by atoms with Crippen molar-refractivity contribution in [2.45, 2.75) is 37.8 Å². The summed E-state index contributed by atoms with van der Waals surface area (Å²) in [4.78, 5) is 11.7. The number of halogens is 1. The first kappa shape index (κ1) is 14.1. The second kappa shape index (κ2) is 5.35. The minimum Gasteiger partial charge on any atom is -0.441 e. The van der Waals surface area contributed by atoms with Crippen LogP contribution in [-0.4, -0.2) is 11.7 Å². The zero-order chi connectivity index (χ0) is 14.0. The Hall–Kier alpha value is -1.32. The molecule has 0 heterocycles. The molecule has 4 heteroatoms. The molecule has 0 saturated heterocycles. The number of ether oxygens (including phenoxy) is 1. The second-order valence-electron chi connectivity index (χ2n) is 5.07. The van der Waals surface area contributed by atoms with E-state index in [0.29, 0.717) is 35.8 Å². The first-order valence-corrected chi connectivity index (χ1v) is 6.77. The molecule has 0 bridgehead atoms. The number of benzene rings is 1. The van der Waals surface area contributed by atoms with Gasteiger partial charge >= 0.3 is 5.97 Å². The van der Waals surface area contributed by atoms with Crippen molar-refractivity contribution < 1.29 is 9.53 Å². The molecular weight excluding hydrogens is 262 g/mol. The lowest BCUT2D eigenvalue weighted by atomic mass is 9.73. The van der Waals surface area contributed by atoms with E-state index in [1.807, 2.05) is 31.2 Å². The van der Waals surface area contributed by atoms with Crippen molar-refractivity contribution in [1.82, 2.24) is 0 Å². The van der Waals surface area contributed by atoms with Gasteiger partial charge in [-0.2, -0.15) is 0 Å². The molecule has 1 saturated carbocycles. The van der Waals surface area contributed by atoms with Crippen LogP contribution in [-0.2, 0) is 9.53 Å². The molecule has 2 rings (SSSR count). The minimum atomic E-state index is -0.848. The van der Waals surface area contributed by atoms with Crippen molar-refractivity contribution >= 4 is 17.6 Å². The summed E-state index contributed by atoms with van der Waals surface area (Å²) >= 11 is 5.85. The summed E-state index contributed by atoms with van der Waals surface area (Å²) in [6.07, 6.45) is 1.85. The number of rotatable bonds is 4. The zero-order valence-corrected chi connectivity index (χ0v) is 11.7. The molecule has 3 nitrogen and oxygen atoms in total. The minimum absolute atomic E-state index is 0.324. The van der Waals surface area contributed by atoms with E-state index in [-0.39, 0.29) is 5.97 Å². The van der Waals surface area contributed by atoms with E-state index in [1.54, 1.807) is 0 Å². The Balaban J connectivity index is 1.92. The fourth-order valence-electron chi connectivity index (χ4n) is 2.23. The van der Waals surface area contributed by atoms with Crippen LogP contribution in [0, 0.1) is 0 Å². The highest BCUT2D eigenvalue weighted by molar-refractivity contribution is 6.30. The number of carbonyl (C=O) groups is 1. The molecule has 2 N–H and O–H groups in total. The van der Waals surface area contributed by atoms with Crippen molar-refractivity contribution in [3.8, 4) is 0 Å². The van der Waals surface area contributed by atoms with E-state index in [2.05, 4.69) is 6.58 Å². The van der Waals surface area contributed by atoms with Gasteiger partial charge in [-0.3, -0.25) is 5.73 Å². The fraction of sp³-hybridized carbons (Fsp3) is 0.400. The molecule has 0 unspecified atom stereocenters. The van der Waals surface area contributed by atoms with Crippen LogP contribution in [0.25, 0.3) is 0 Å². The van der Waals surface area contributed by atoms with Gasteiger partial charge in [-0.05, 0) is 30.0 Å². The first-order chi connectivity index (χ1) is 8.93. The molecule has 1 aromatic carbocycles. The lowest BCUT2D eigenvalue weighted by molar-refractivity contribution is -0.166. The molecule has 0 radical (unpaired) electrons. The van der Waals surface area contributed by atoms with Crippen LogP contribution in [0.3, 0.4) is 0 Å². The summed E-state index contributed by atoms with van der Waals surface area (Å²) in [7, 11) is 0. The maximum absolute atomic E-state index is 11.7. The summed E-state index contributed by atoms with van der Waals surface area (Å²) in [5.74, 6) is -0.0653. The quantitative estimate of drug-likeness (QED) is 0.522. The Morgan fingerprint density at radius 3 is 2.58 bits per heavy atom. The summed E-state index contributed by atoms with van der Waals surface area (Å²) in [6.45, 7) is 5.52. The smallest absolute Gasteiger partial charge is 0.335 e. The van der Waals surface area contributed by atoms with Crippen LogP contribution in [0.4, 0.5) is 0 Å². The van der Waals surface area contributed by atoms with Crippen LogP contribution < -0.4 is 5.73 Å². The molecule has 0 amide bonds. The Kier molecular flexibility index (Phi) is 3.97. The van der Waals surface area contributed by atoms with Gasteiger partial charge in [0.15, 0.2) is 5.72 Å². The number of nitrogens with two attached hydrogens (primary N) is 1. The van der Waals surface area contributed by atoms with E-state index in [0.717, 1.165) is 0 Å². The van der Waals surface area contributed by atoms with Crippen molar-refractivity contribution in [2.75, 3.05) is 0 Å². The normalized spacial score (nSPS) is 25.5. The van der Waals surface area contributed by atoms with E-state index >= 15 is 0 Å². The van der Waals surface area contributed by atoms with Crippen LogP contribution in [0.5, 0.6) is 0 Å². The molecular formula is C15H18ClNO2. The van der Waals surface area contributed by atoms with E-state index in [1.165, 1.54) is 5.56 Å². The summed E-state index contributed by atoms with van der Waals surface area (Å²) in [6, 6.07) is 7.69. The van der Waals surface area contributed by atoms with Crippen LogP contribution in [0.1, 0.15) is 37.7 Å². The van der Waals surface area contributed by atoms with Gasteiger partial charge in [0.05, 0.1) is 0 Å². The molecule has 19 heavy (non-hydrogen) atoms. The van der Waals surface area contributed by atoms with Crippen molar-refractivity contribution in [2.24, 2.45) is 5.73 Å². The Labute approximate surface area is 118 Å². The predicted octanol–water partition coefficient (Wildman–Crippen LogP) is 3.38. The third kappa shape index (κ3) is 3.17. The number of hydrogen-bond donors (Lipinski definition) is 1. The van der Waals surface area contributed by atoms with Crippen LogP contribution in [0.2, 0.25) is 5.02 Å². The molecule has 0 spiro atoms. The summed E-state index contributed by atoms with van der Waals surface area (Å²) < 4.78 is 5.32. The maximum atomic E-state index is 11.7. The van der Waals surface area contributed by atoms with Crippen molar-refractivity contribution in [1.29, 1.82) is 0 Å². The summed E-state index contributed by atoms with van der Waals surface area (Å²) in [5.41, 5.74) is 6.83. The third-order valence-electron chi connectivity index (χ3n) is 3.54. The van der Waals surface area contributed by atoms with Crippen molar-refractivity contribution in [3.63, 3.8) is 0 Å². The van der Waals surface area contributed by atoms with Gasteiger partial charge in [0.2, 0.25) is 0 Å². The Bertz CT molecular complexity index is 489. The molecule has 1 aromatic rings. The summed E-state index contributed by atoms with van der Waals surface area (Å²) in [5, 5.41) is 0.716. The molecule has 102 valence electrons. The van der Waals surface area contributed by atoms with E-state index in [9.17, 15) is 4.79 Å². The highest BCUT2D eigenvalue weighted by Crippen LogP contribution is 2.44. The highest BCUT2D eigenvalue weighted by Gasteiger charge is 2.45. The monoisotopic (exact) mass is 279 g/mol. The van der Waals surface area contributed by atoms with Gasteiger partial charge < -0.3 is 4.74 Å². The van der Waals surface area contributed by atoms with E-state index in [4.69, 9.17) is 22.1 Å². The highest BCUT2D eigenvalue weighted by atomic mass is 35.5. The topological polar surface area (TPSA) is 52.3 Å². The average Bonchev–Trinajstić information content (AvgIpc) is 2.35. The Morgan fingerprint density at radius 2 is 2.05 bits per heavy atom. The van der Waals surface area contributed by atoms with Gasteiger partial charge in [0.25, 0.3) is 0 Å². The SMILES string of the molecule is C=C(CC)C(=O)OC1(N)CC(c2ccc(Cl)cc2)C1. The van der Waals surface area contributed by atoms with E-state index < -0.39 is 5.72 Å². The van der Waals surface area contributed by atoms with Gasteiger partial charge in [0.1, 0.15) is 0 Å². The number of hydrogen-bond acceptors (Lipinski definition) is 3. The number of carbonyl (C=O) groups excluding carboxylic acids is 1. The molecule has 0 aromatic heterocycles. The lowest BCUT2D eigenvalue weighted by Gasteiger charge is -2.44. The largest absolute Gasteiger partial charge is 0.441 e. The number of esters is 1. The molecule has 1 fully saturated rings. The predicted molar refractivity (Wildman–Crippen MR) is 75.9 cm³/mol. The molecule has 0 atom stereocenters. The van der Waals surface area contributed by atoms with Crippen LogP contribution >= 0.6 is 11.6 Å². The van der Waals surface area contributed by atoms with Gasteiger partial charge in [-0.25, -0.2) is 4.79 Å². The molecule has 1 aliphatic carbocycles. The van der Waals surface area contributed by atoms with Crippen molar-refractivity contribution in [3.05, 3.63) is 47.0 Å². The standard InChI is InChI=1S/C15H18ClNO2/c1-3-10(2)14(18)19-15(17)8-12(9-15)11-4-6-13(16)7-5-11/h4-7,12H,2-3,8-9,17H2,1H3. The molecule has 0 aliphatic heterocycles.